The molecule has 0 atom stereocenters. The number of fused-ring (bicyclic) bond motifs is 1. The largest absolute Gasteiger partial charge is 0.274 e. The Balaban J connectivity index is 1.53. The first kappa shape index (κ1) is 17.1. The molecule has 24 heavy (non-hydrogen) atoms. The molecular weight excluding hydrogens is 328 g/mol. The van der Waals surface area contributed by atoms with Gasteiger partial charge in [-0.1, -0.05) is 31.4 Å². The maximum Gasteiger partial charge on any atom is 0.261 e. The average Bonchev–Trinajstić information content (AvgIpc) is 2.81. The number of amides is 2. The number of carbonyl (C=O) groups excluding carboxylic acids is 2. The molecule has 1 aliphatic heterocycles. The zero-order valence-corrected chi connectivity index (χ0v) is 14.3. The van der Waals surface area contributed by atoms with E-state index in [1.807, 2.05) is 0 Å². The minimum atomic E-state index is -3.37. The van der Waals surface area contributed by atoms with E-state index in [9.17, 15) is 18.0 Å². The highest BCUT2D eigenvalue weighted by atomic mass is 32.2. The van der Waals surface area contributed by atoms with Gasteiger partial charge in [-0.25, -0.2) is 13.1 Å². The summed E-state index contributed by atoms with van der Waals surface area (Å²) in [5, 5.41) is 0. The van der Waals surface area contributed by atoms with Crippen LogP contribution in [0.25, 0.3) is 0 Å². The number of nitrogens with zero attached hydrogens (tertiary/aromatic N) is 1. The van der Waals surface area contributed by atoms with Gasteiger partial charge in [0, 0.05) is 12.6 Å². The maximum atomic E-state index is 12.2. The van der Waals surface area contributed by atoms with Crippen molar-refractivity contribution in [3.63, 3.8) is 0 Å². The Bertz CT molecular complexity index is 704. The molecule has 0 unspecified atom stereocenters. The first-order chi connectivity index (χ1) is 11.5. The predicted octanol–water partition coefficient (Wildman–Crippen LogP) is 1.92. The van der Waals surface area contributed by atoms with E-state index in [1.54, 1.807) is 24.3 Å². The average molecular weight is 350 g/mol. The summed E-state index contributed by atoms with van der Waals surface area (Å²) in [5.41, 5.74) is 0.788. The van der Waals surface area contributed by atoms with Crippen molar-refractivity contribution >= 4 is 21.8 Å². The number of hydrogen-bond acceptors (Lipinski definition) is 4. The third kappa shape index (κ3) is 3.67. The molecule has 0 saturated heterocycles. The van der Waals surface area contributed by atoms with E-state index in [4.69, 9.17) is 0 Å². The van der Waals surface area contributed by atoms with Gasteiger partial charge in [-0.15, -0.1) is 0 Å². The van der Waals surface area contributed by atoms with Gasteiger partial charge in [0.15, 0.2) is 0 Å². The first-order valence-electron chi connectivity index (χ1n) is 8.43. The molecule has 1 fully saturated rings. The second kappa shape index (κ2) is 7.03. The van der Waals surface area contributed by atoms with E-state index in [0.717, 1.165) is 37.0 Å². The van der Waals surface area contributed by atoms with Gasteiger partial charge in [0.1, 0.15) is 0 Å². The Morgan fingerprint density at radius 2 is 1.58 bits per heavy atom. The molecule has 1 aromatic rings. The van der Waals surface area contributed by atoms with Crippen molar-refractivity contribution in [2.45, 2.75) is 44.6 Å². The first-order valence-corrected chi connectivity index (χ1v) is 10.1. The fourth-order valence-corrected chi connectivity index (χ4v) is 4.76. The third-order valence-corrected chi connectivity index (χ3v) is 6.14. The summed E-state index contributed by atoms with van der Waals surface area (Å²) in [6, 6.07) is 6.70. The Morgan fingerprint density at radius 1 is 1.00 bits per heavy atom. The molecule has 1 aliphatic carbocycles. The van der Waals surface area contributed by atoms with E-state index >= 15 is 0 Å². The summed E-state index contributed by atoms with van der Waals surface area (Å²) in [6.45, 7) is 0.123. The van der Waals surface area contributed by atoms with Crippen LogP contribution in [0.5, 0.6) is 0 Å². The zero-order valence-electron chi connectivity index (χ0n) is 13.5. The molecule has 1 N–H and O–H groups in total. The van der Waals surface area contributed by atoms with E-state index in [2.05, 4.69) is 4.72 Å². The van der Waals surface area contributed by atoms with Crippen LogP contribution in [-0.4, -0.2) is 43.5 Å². The smallest absolute Gasteiger partial charge is 0.261 e. The molecule has 2 amide bonds. The van der Waals surface area contributed by atoms with Crippen molar-refractivity contribution < 1.29 is 18.0 Å². The molecule has 0 spiro atoms. The minimum Gasteiger partial charge on any atom is -0.274 e. The zero-order chi connectivity index (χ0) is 17.2. The van der Waals surface area contributed by atoms with E-state index in [0.29, 0.717) is 11.1 Å². The van der Waals surface area contributed by atoms with E-state index in [1.165, 1.54) is 0 Å². The molecule has 0 radical (unpaired) electrons. The number of hydrogen-bond donors (Lipinski definition) is 1. The molecule has 1 aromatic carbocycles. The lowest BCUT2D eigenvalue weighted by molar-refractivity contribution is 0.0654. The number of rotatable bonds is 6. The molecule has 1 saturated carbocycles. The molecule has 6 nitrogen and oxygen atoms in total. The van der Waals surface area contributed by atoms with E-state index in [-0.39, 0.29) is 36.6 Å². The third-order valence-electron chi connectivity index (χ3n) is 4.62. The van der Waals surface area contributed by atoms with Crippen molar-refractivity contribution in [2.75, 3.05) is 12.3 Å². The standard InChI is InChI=1S/C17H22N2O4S/c20-16-14-9-4-5-10-15(14)17(21)19(16)11-6-12-24(22,23)18-13-7-2-1-3-8-13/h4-5,9-10,13,18H,1-3,6-8,11-12H2. The van der Waals surface area contributed by atoms with Gasteiger partial charge >= 0.3 is 0 Å². The van der Waals surface area contributed by atoms with Crippen molar-refractivity contribution in [1.29, 1.82) is 0 Å². The fourth-order valence-electron chi connectivity index (χ4n) is 3.39. The van der Waals surface area contributed by atoms with Crippen molar-refractivity contribution in [2.24, 2.45) is 0 Å². The molecule has 130 valence electrons. The van der Waals surface area contributed by atoms with Gasteiger partial charge in [0.05, 0.1) is 16.9 Å². The quantitative estimate of drug-likeness (QED) is 0.795. The Morgan fingerprint density at radius 3 is 2.17 bits per heavy atom. The highest BCUT2D eigenvalue weighted by Gasteiger charge is 2.34. The molecule has 2 aliphatic rings. The predicted molar refractivity (Wildman–Crippen MR) is 90.2 cm³/mol. The van der Waals surface area contributed by atoms with Crippen LogP contribution in [0.1, 0.15) is 59.2 Å². The highest BCUT2D eigenvalue weighted by molar-refractivity contribution is 7.89. The molecule has 1 heterocycles. The van der Waals surface area contributed by atoms with Gasteiger partial charge in [-0.05, 0) is 31.4 Å². The lowest BCUT2D eigenvalue weighted by Crippen LogP contribution is -2.38. The topological polar surface area (TPSA) is 83.6 Å². The van der Waals surface area contributed by atoms with Crippen LogP contribution in [0.15, 0.2) is 24.3 Å². The van der Waals surface area contributed by atoms with Crippen molar-refractivity contribution in [3.8, 4) is 0 Å². The normalized spacial score (nSPS) is 18.9. The molecule has 7 heteroatoms. The highest BCUT2D eigenvalue weighted by Crippen LogP contribution is 2.22. The molecule has 3 rings (SSSR count). The Kier molecular flexibility index (Phi) is 5.01. The number of benzene rings is 1. The van der Waals surface area contributed by atoms with Crippen molar-refractivity contribution in [1.82, 2.24) is 9.62 Å². The molecule has 0 aromatic heterocycles. The summed E-state index contributed by atoms with van der Waals surface area (Å²) >= 11 is 0. The summed E-state index contributed by atoms with van der Waals surface area (Å²) in [5.74, 6) is -0.752. The van der Waals surface area contributed by atoms with Crippen LogP contribution in [0.4, 0.5) is 0 Å². The summed E-state index contributed by atoms with van der Waals surface area (Å²) < 4.78 is 27.1. The Hall–Kier alpha value is -1.73. The Labute approximate surface area is 142 Å². The van der Waals surface area contributed by atoms with Gasteiger partial charge in [0.25, 0.3) is 11.8 Å². The number of nitrogens with one attached hydrogen (secondary N) is 1. The maximum absolute atomic E-state index is 12.2. The van der Waals surface area contributed by atoms with Crippen LogP contribution in [0.2, 0.25) is 0 Å². The molecular formula is C17H22N2O4S. The minimum absolute atomic E-state index is 0.0306. The monoisotopic (exact) mass is 350 g/mol. The van der Waals surface area contributed by atoms with Crippen LogP contribution in [0, 0.1) is 0 Å². The van der Waals surface area contributed by atoms with Crippen LogP contribution in [0.3, 0.4) is 0 Å². The second-order valence-corrected chi connectivity index (χ2v) is 8.31. The number of carbonyl (C=O) groups is 2. The summed E-state index contributed by atoms with van der Waals surface area (Å²) in [6.07, 6.45) is 5.30. The van der Waals surface area contributed by atoms with Crippen molar-refractivity contribution in [3.05, 3.63) is 35.4 Å². The SMILES string of the molecule is O=C1c2ccccc2C(=O)N1CCCS(=O)(=O)NC1CCCCC1. The lowest BCUT2D eigenvalue weighted by atomic mass is 9.96. The number of imide groups is 1. The van der Waals surface area contributed by atoms with Gasteiger partial charge in [-0.2, -0.15) is 0 Å². The van der Waals surface area contributed by atoms with E-state index < -0.39 is 10.0 Å². The summed E-state index contributed by atoms with van der Waals surface area (Å²) in [7, 11) is -3.37. The van der Waals surface area contributed by atoms with Gasteiger partial charge < -0.3 is 0 Å². The second-order valence-electron chi connectivity index (χ2n) is 6.43. The van der Waals surface area contributed by atoms with Gasteiger partial charge in [-0.3, -0.25) is 14.5 Å². The van der Waals surface area contributed by atoms with Crippen LogP contribution < -0.4 is 4.72 Å². The molecule has 0 bridgehead atoms. The van der Waals surface area contributed by atoms with Crippen LogP contribution >= 0.6 is 0 Å². The number of sulfonamides is 1. The van der Waals surface area contributed by atoms with Gasteiger partial charge in [0.2, 0.25) is 10.0 Å². The fraction of sp³-hybridized carbons (Fsp3) is 0.529. The van der Waals surface area contributed by atoms with Crippen LogP contribution in [-0.2, 0) is 10.0 Å². The lowest BCUT2D eigenvalue weighted by Gasteiger charge is -2.22. The summed E-state index contributed by atoms with van der Waals surface area (Å²) in [4.78, 5) is 25.6.